The molecule has 2 heterocycles. The van der Waals surface area contributed by atoms with Crippen molar-refractivity contribution in [3.8, 4) is 5.75 Å². The molecule has 0 unspecified atom stereocenters. The highest BCUT2D eigenvalue weighted by Crippen LogP contribution is 2.19. The predicted molar refractivity (Wildman–Crippen MR) is 96.5 cm³/mol. The van der Waals surface area contributed by atoms with E-state index in [0.717, 1.165) is 20.5 Å². The summed E-state index contributed by atoms with van der Waals surface area (Å²) in [6.45, 7) is 3.76. The van der Waals surface area contributed by atoms with Crippen molar-refractivity contribution < 1.29 is 9.84 Å². The number of nitrogens with zero attached hydrogens (tertiary/aromatic N) is 4. The molecule has 0 aliphatic heterocycles. The normalized spacial score (nSPS) is 12.3. The molecule has 0 saturated heterocycles. The molecule has 0 aliphatic rings. The predicted octanol–water partition coefficient (Wildman–Crippen LogP) is 0.547. The molecule has 1 atom stereocenters. The molecule has 0 saturated carbocycles. The summed E-state index contributed by atoms with van der Waals surface area (Å²) in [5.74, 6) is 0.676. The zero-order valence-corrected chi connectivity index (χ0v) is 14.8. The molecule has 0 fully saturated rings. The van der Waals surface area contributed by atoms with Gasteiger partial charge in [0, 0.05) is 19.4 Å². The average Bonchev–Trinajstić information content (AvgIpc) is 2.64. The van der Waals surface area contributed by atoms with E-state index in [-0.39, 0.29) is 24.2 Å². The fourth-order valence-electron chi connectivity index (χ4n) is 2.68. The fourth-order valence-corrected chi connectivity index (χ4v) is 2.68. The molecule has 3 aromatic rings. The lowest BCUT2D eigenvalue weighted by atomic mass is 10.1. The largest absolute Gasteiger partial charge is 0.491 e. The summed E-state index contributed by atoms with van der Waals surface area (Å²) in [4.78, 5) is 32.8. The molecule has 2 aromatic heterocycles. The summed E-state index contributed by atoms with van der Waals surface area (Å²) < 4.78 is 7.96. The first-order valence-corrected chi connectivity index (χ1v) is 8.17. The Morgan fingerprint density at radius 2 is 1.77 bits per heavy atom. The Bertz CT molecular complexity index is 1070. The second-order valence-electron chi connectivity index (χ2n) is 6.20. The quantitative estimate of drug-likeness (QED) is 0.717. The molecule has 3 rings (SSSR count). The lowest BCUT2D eigenvalue weighted by Crippen LogP contribution is -2.41. The standard InChI is InChI=1S/C18H20N4O4/c1-11-4-5-12(2)14(8-11)26-10-13(23)9-22-18(25)16-15(17(24)21(22)3)19-6-7-20-16/h4-8,13,23H,9-10H2,1-3H3/t13-/m0/s1. The first-order chi connectivity index (χ1) is 12.4. The van der Waals surface area contributed by atoms with Crippen molar-refractivity contribution in [3.05, 3.63) is 62.4 Å². The maximum atomic E-state index is 12.6. The average molecular weight is 356 g/mol. The van der Waals surface area contributed by atoms with Crippen LogP contribution in [0.15, 0.2) is 40.2 Å². The minimum absolute atomic E-state index is 0.0105. The lowest BCUT2D eigenvalue weighted by Gasteiger charge is -2.17. The number of aryl methyl sites for hydroxylation is 2. The molecule has 0 aliphatic carbocycles. The van der Waals surface area contributed by atoms with Gasteiger partial charge in [0.15, 0.2) is 11.0 Å². The van der Waals surface area contributed by atoms with Crippen LogP contribution in [0.3, 0.4) is 0 Å². The number of aliphatic hydroxyl groups excluding tert-OH is 1. The van der Waals surface area contributed by atoms with Crippen LogP contribution in [0.1, 0.15) is 11.1 Å². The van der Waals surface area contributed by atoms with Crippen LogP contribution in [0, 0.1) is 13.8 Å². The zero-order chi connectivity index (χ0) is 18.8. The van der Waals surface area contributed by atoms with E-state index in [1.165, 1.54) is 19.4 Å². The van der Waals surface area contributed by atoms with Crippen molar-refractivity contribution in [3.63, 3.8) is 0 Å². The van der Waals surface area contributed by atoms with E-state index < -0.39 is 17.2 Å². The Morgan fingerprint density at radius 1 is 1.12 bits per heavy atom. The van der Waals surface area contributed by atoms with Gasteiger partial charge >= 0.3 is 0 Å². The second kappa shape index (κ2) is 7.09. The van der Waals surface area contributed by atoms with Crippen molar-refractivity contribution in [2.45, 2.75) is 26.5 Å². The maximum Gasteiger partial charge on any atom is 0.293 e. The van der Waals surface area contributed by atoms with Crippen LogP contribution in [0.2, 0.25) is 0 Å². The molecule has 136 valence electrons. The number of hydrogen-bond donors (Lipinski definition) is 1. The molecule has 0 radical (unpaired) electrons. The third-order valence-corrected chi connectivity index (χ3v) is 4.15. The number of hydrogen-bond acceptors (Lipinski definition) is 6. The van der Waals surface area contributed by atoms with E-state index in [2.05, 4.69) is 9.97 Å². The third-order valence-electron chi connectivity index (χ3n) is 4.15. The number of rotatable bonds is 5. The second-order valence-corrected chi connectivity index (χ2v) is 6.20. The van der Waals surface area contributed by atoms with Gasteiger partial charge in [0.1, 0.15) is 18.5 Å². The van der Waals surface area contributed by atoms with Crippen molar-refractivity contribution in [2.24, 2.45) is 7.05 Å². The van der Waals surface area contributed by atoms with Crippen LogP contribution >= 0.6 is 0 Å². The minimum atomic E-state index is -0.979. The molecular weight excluding hydrogens is 336 g/mol. The van der Waals surface area contributed by atoms with Crippen LogP contribution in [0.25, 0.3) is 11.0 Å². The molecule has 8 nitrogen and oxygen atoms in total. The number of benzene rings is 1. The number of ether oxygens (including phenoxy) is 1. The Labute approximate surface area is 149 Å². The Hall–Kier alpha value is -3.00. The molecule has 1 N–H and O–H groups in total. The van der Waals surface area contributed by atoms with Crippen molar-refractivity contribution in [1.82, 2.24) is 19.3 Å². The summed E-state index contributed by atoms with van der Waals surface area (Å²) in [7, 11) is 1.45. The highest BCUT2D eigenvalue weighted by molar-refractivity contribution is 5.70. The van der Waals surface area contributed by atoms with E-state index in [9.17, 15) is 14.7 Å². The van der Waals surface area contributed by atoms with Gasteiger partial charge in [-0.2, -0.15) is 0 Å². The van der Waals surface area contributed by atoms with E-state index >= 15 is 0 Å². The summed E-state index contributed by atoms with van der Waals surface area (Å²) in [5, 5.41) is 10.3. The van der Waals surface area contributed by atoms with E-state index in [1.807, 2.05) is 32.0 Å². The minimum Gasteiger partial charge on any atom is -0.491 e. The number of aromatic nitrogens is 4. The topological polar surface area (TPSA) is 99.2 Å². The molecule has 1 aromatic carbocycles. The first-order valence-electron chi connectivity index (χ1n) is 8.17. The van der Waals surface area contributed by atoms with Crippen molar-refractivity contribution in [1.29, 1.82) is 0 Å². The van der Waals surface area contributed by atoms with Crippen LogP contribution < -0.4 is 15.9 Å². The van der Waals surface area contributed by atoms with Crippen molar-refractivity contribution in [2.75, 3.05) is 6.61 Å². The smallest absolute Gasteiger partial charge is 0.293 e. The molecule has 26 heavy (non-hydrogen) atoms. The third kappa shape index (κ3) is 3.36. The van der Waals surface area contributed by atoms with Gasteiger partial charge in [0.05, 0.1) is 6.54 Å². The van der Waals surface area contributed by atoms with Gasteiger partial charge in [-0.25, -0.2) is 19.3 Å². The fraction of sp³-hybridized carbons (Fsp3) is 0.333. The molecular formula is C18H20N4O4. The Kier molecular flexibility index (Phi) is 4.85. The molecule has 0 bridgehead atoms. The summed E-state index contributed by atoms with van der Waals surface area (Å²) in [5.41, 5.74) is 1.06. The molecule has 8 heteroatoms. The van der Waals surface area contributed by atoms with E-state index in [0.29, 0.717) is 5.75 Å². The highest BCUT2D eigenvalue weighted by Gasteiger charge is 2.16. The van der Waals surface area contributed by atoms with Crippen LogP contribution in [0.5, 0.6) is 5.75 Å². The Morgan fingerprint density at radius 3 is 2.46 bits per heavy atom. The van der Waals surface area contributed by atoms with Gasteiger partial charge in [-0.1, -0.05) is 12.1 Å². The van der Waals surface area contributed by atoms with Gasteiger partial charge < -0.3 is 9.84 Å². The Balaban J connectivity index is 1.83. The molecule has 0 amide bonds. The van der Waals surface area contributed by atoms with E-state index in [1.54, 1.807) is 0 Å². The summed E-state index contributed by atoms with van der Waals surface area (Å²) in [6, 6.07) is 5.80. The highest BCUT2D eigenvalue weighted by atomic mass is 16.5. The SMILES string of the molecule is Cc1ccc(C)c(OC[C@@H](O)Cn2c(=O)c3nccnc3c(=O)n2C)c1. The van der Waals surface area contributed by atoms with Gasteiger partial charge in [-0.15, -0.1) is 0 Å². The monoisotopic (exact) mass is 356 g/mol. The lowest BCUT2D eigenvalue weighted by molar-refractivity contribution is 0.0840. The van der Waals surface area contributed by atoms with Gasteiger partial charge in [0.25, 0.3) is 11.1 Å². The number of fused-ring (bicyclic) bond motifs is 1. The van der Waals surface area contributed by atoms with Crippen LogP contribution in [0.4, 0.5) is 0 Å². The van der Waals surface area contributed by atoms with Crippen LogP contribution in [-0.4, -0.2) is 37.1 Å². The van der Waals surface area contributed by atoms with Crippen LogP contribution in [-0.2, 0) is 13.6 Å². The van der Waals surface area contributed by atoms with Gasteiger partial charge in [-0.05, 0) is 31.0 Å². The van der Waals surface area contributed by atoms with Gasteiger partial charge in [-0.3, -0.25) is 9.59 Å². The van der Waals surface area contributed by atoms with Gasteiger partial charge in [0.2, 0.25) is 0 Å². The molecule has 0 spiro atoms. The first kappa shape index (κ1) is 17.8. The number of aliphatic hydroxyl groups is 1. The zero-order valence-electron chi connectivity index (χ0n) is 14.8. The maximum absolute atomic E-state index is 12.6. The van der Waals surface area contributed by atoms with Crippen molar-refractivity contribution >= 4 is 11.0 Å². The summed E-state index contributed by atoms with van der Waals surface area (Å²) >= 11 is 0. The van der Waals surface area contributed by atoms with E-state index in [4.69, 9.17) is 4.74 Å². The summed E-state index contributed by atoms with van der Waals surface area (Å²) in [6.07, 6.45) is 1.74.